The second-order valence-electron chi connectivity index (χ2n) is 3.66. The summed E-state index contributed by atoms with van der Waals surface area (Å²) < 4.78 is 0. The number of rotatable bonds is 4. The molecule has 1 rings (SSSR count). The lowest BCUT2D eigenvalue weighted by Gasteiger charge is -2.13. The van der Waals surface area contributed by atoms with Gasteiger partial charge in [-0.15, -0.1) is 0 Å². The Morgan fingerprint density at radius 3 is 2.11 bits per heavy atom. The maximum absolute atomic E-state index is 11.4. The molecule has 0 spiro atoms. The minimum absolute atomic E-state index is 0.370. The fourth-order valence-electron chi connectivity index (χ4n) is 1.28. The molecule has 0 radical (unpaired) electrons. The van der Waals surface area contributed by atoms with Crippen LogP contribution >= 0.6 is 0 Å². The third-order valence-electron chi connectivity index (χ3n) is 2.19. The third-order valence-corrected chi connectivity index (χ3v) is 2.19. The molecule has 96 valence electrons. The molecule has 1 aromatic carbocycles. The standard InChI is InChI=1S/C11H14N4O3/c1-6(10(17)15-11(13)18)14-8-4-2-7(3-5-8)9(12)16/h2-6,14H,1H3,(H2,12,16)(H3,13,15,17,18). The van der Waals surface area contributed by atoms with Crippen LogP contribution in [0.2, 0.25) is 0 Å². The Morgan fingerprint density at radius 2 is 1.67 bits per heavy atom. The maximum Gasteiger partial charge on any atom is 0.318 e. The first kappa shape index (κ1) is 13.5. The zero-order valence-electron chi connectivity index (χ0n) is 9.77. The van der Waals surface area contributed by atoms with Crippen LogP contribution in [0.5, 0.6) is 0 Å². The molecule has 0 saturated carbocycles. The molecule has 6 N–H and O–H groups in total. The Morgan fingerprint density at radius 1 is 1.11 bits per heavy atom. The molecule has 18 heavy (non-hydrogen) atoms. The van der Waals surface area contributed by atoms with Gasteiger partial charge in [0, 0.05) is 11.3 Å². The Balaban J connectivity index is 2.64. The summed E-state index contributed by atoms with van der Waals surface area (Å²) in [5, 5.41) is 4.80. The number of amides is 4. The molecule has 0 aliphatic heterocycles. The molecule has 0 aromatic heterocycles. The van der Waals surface area contributed by atoms with Crippen LogP contribution in [0.4, 0.5) is 10.5 Å². The van der Waals surface area contributed by atoms with Crippen molar-refractivity contribution < 1.29 is 14.4 Å². The van der Waals surface area contributed by atoms with E-state index in [2.05, 4.69) is 5.32 Å². The molecule has 4 amide bonds. The van der Waals surface area contributed by atoms with Gasteiger partial charge in [0.05, 0.1) is 0 Å². The van der Waals surface area contributed by atoms with Crippen molar-refractivity contribution in [3.8, 4) is 0 Å². The number of carbonyl (C=O) groups excluding carboxylic acids is 3. The van der Waals surface area contributed by atoms with E-state index in [1.807, 2.05) is 5.32 Å². The zero-order valence-corrected chi connectivity index (χ0v) is 9.77. The van der Waals surface area contributed by atoms with Crippen molar-refractivity contribution in [2.45, 2.75) is 13.0 Å². The fourth-order valence-corrected chi connectivity index (χ4v) is 1.28. The Labute approximate surface area is 104 Å². The van der Waals surface area contributed by atoms with Crippen LogP contribution in [-0.4, -0.2) is 23.9 Å². The number of benzene rings is 1. The van der Waals surface area contributed by atoms with Gasteiger partial charge in [0.2, 0.25) is 11.8 Å². The number of anilines is 1. The molecule has 0 aliphatic carbocycles. The summed E-state index contributed by atoms with van der Waals surface area (Å²) in [6, 6.07) is 4.73. The lowest BCUT2D eigenvalue weighted by molar-refractivity contribution is -0.120. The van der Waals surface area contributed by atoms with Crippen LogP contribution in [-0.2, 0) is 4.79 Å². The highest BCUT2D eigenvalue weighted by Crippen LogP contribution is 2.10. The molecule has 1 aromatic rings. The number of nitrogens with two attached hydrogens (primary N) is 2. The van der Waals surface area contributed by atoms with Gasteiger partial charge in [0.15, 0.2) is 0 Å². The van der Waals surface area contributed by atoms with Crippen molar-refractivity contribution >= 4 is 23.5 Å². The largest absolute Gasteiger partial charge is 0.374 e. The Kier molecular flexibility index (Phi) is 4.25. The average Bonchev–Trinajstić information content (AvgIpc) is 2.28. The van der Waals surface area contributed by atoms with Crippen LogP contribution in [0.15, 0.2) is 24.3 Å². The van der Waals surface area contributed by atoms with Crippen LogP contribution < -0.4 is 22.1 Å². The molecule has 0 saturated heterocycles. The van der Waals surface area contributed by atoms with Crippen molar-refractivity contribution in [1.82, 2.24) is 5.32 Å². The molecule has 0 aliphatic rings. The summed E-state index contributed by atoms with van der Waals surface area (Å²) in [5.74, 6) is -1.07. The van der Waals surface area contributed by atoms with Gasteiger partial charge in [-0.2, -0.15) is 0 Å². The molecule has 1 atom stereocenters. The monoisotopic (exact) mass is 250 g/mol. The third kappa shape index (κ3) is 3.78. The quantitative estimate of drug-likeness (QED) is 0.589. The van der Waals surface area contributed by atoms with Gasteiger partial charge in [-0.1, -0.05) is 0 Å². The van der Waals surface area contributed by atoms with Crippen molar-refractivity contribution in [3.63, 3.8) is 0 Å². The number of imide groups is 1. The van der Waals surface area contributed by atoms with E-state index in [1.54, 1.807) is 19.1 Å². The van der Waals surface area contributed by atoms with Gasteiger partial charge in [0.1, 0.15) is 6.04 Å². The molecule has 0 heterocycles. The normalized spacial score (nSPS) is 11.4. The van der Waals surface area contributed by atoms with Crippen LogP contribution in [0.3, 0.4) is 0 Å². The Hall–Kier alpha value is -2.57. The van der Waals surface area contributed by atoms with Crippen LogP contribution in [0, 0.1) is 0 Å². The number of carbonyl (C=O) groups is 3. The van der Waals surface area contributed by atoms with E-state index in [4.69, 9.17) is 11.5 Å². The highest BCUT2D eigenvalue weighted by atomic mass is 16.2. The number of hydrogen-bond acceptors (Lipinski definition) is 4. The van der Waals surface area contributed by atoms with Crippen molar-refractivity contribution in [3.05, 3.63) is 29.8 Å². The zero-order chi connectivity index (χ0) is 13.7. The van der Waals surface area contributed by atoms with Crippen molar-refractivity contribution in [2.75, 3.05) is 5.32 Å². The van der Waals surface area contributed by atoms with E-state index in [0.717, 1.165) is 0 Å². The minimum atomic E-state index is -0.905. The summed E-state index contributed by atoms with van der Waals surface area (Å²) in [6.07, 6.45) is 0. The van der Waals surface area contributed by atoms with Crippen molar-refractivity contribution in [1.29, 1.82) is 0 Å². The van der Waals surface area contributed by atoms with E-state index in [9.17, 15) is 14.4 Å². The van der Waals surface area contributed by atoms with Gasteiger partial charge in [-0.25, -0.2) is 4.79 Å². The van der Waals surface area contributed by atoms with Crippen LogP contribution in [0.1, 0.15) is 17.3 Å². The van der Waals surface area contributed by atoms with E-state index in [-0.39, 0.29) is 0 Å². The molecule has 1 unspecified atom stereocenters. The van der Waals surface area contributed by atoms with Gasteiger partial charge < -0.3 is 16.8 Å². The number of hydrogen-bond donors (Lipinski definition) is 4. The smallest absolute Gasteiger partial charge is 0.318 e. The molecule has 0 fully saturated rings. The maximum atomic E-state index is 11.4. The van der Waals surface area contributed by atoms with E-state index in [1.165, 1.54) is 12.1 Å². The summed E-state index contributed by atoms with van der Waals surface area (Å²) in [6.45, 7) is 1.57. The molecule has 7 heteroatoms. The van der Waals surface area contributed by atoms with E-state index in [0.29, 0.717) is 11.3 Å². The summed E-state index contributed by atoms with van der Waals surface area (Å²) in [7, 11) is 0. The fraction of sp³-hybridized carbons (Fsp3) is 0.182. The predicted molar refractivity (Wildman–Crippen MR) is 65.8 cm³/mol. The Bertz CT molecular complexity index is 470. The predicted octanol–water partition coefficient (Wildman–Crippen LogP) is -0.219. The lowest BCUT2D eigenvalue weighted by Crippen LogP contribution is -2.43. The van der Waals surface area contributed by atoms with Crippen molar-refractivity contribution in [2.24, 2.45) is 11.5 Å². The highest BCUT2D eigenvalue weighted by molar-refractivity contribution is 5.97. The topological polar surface area (TPSA) is 127 Å². The second kappa shape index (κ2) is 5.67. The number of urea groups is 1. The highest BCUT2D eigenvalue weighted by Gasteiger charge is 2.13. The number of primary amides is 2. The van der Waals surface area contributed by atoms with Gasteiger partial charge in [-0.05, 0) is 31.2 Å². The summed E-state index contributed by atoms with van der Waals surface area (Å²) >= 11 is 0. The first-order valence-corrected chi connectivity index (χ1v) is 5.17. The average molecular weight is 250 g/mol. The lowest BCUT2D eigenvalue weighted by atomic mass is 10.2. The SMILES string of the molecule is CC(Nc1ccc(C(N)=O)cc1)C(=O)NC(N)=O. The van der Waals surface area contributed by atoms with Gasteiger partial charge in [-0.3, -0.25) is 14.9 Å². The summed E-state index contributed by atoms with van der Waals surface area (Å²) in [5.41, 5.74) is 10.9. The van der Waals surface area contributed by atoms with Gasteiger partial charge >= 0.3 is 6.03 Å². The molecular weight excluding hydrogens is 236 g/mol. The van der Waals surface area contributed by atoms with Crippen LogP contribution in [0.25, 0.3) is 0 Å². The van der Waals surface area contributed by atoms with E-state index < -0.39 is 23.9 Å². The second-order valence-corrected chi connectivity index (χ2v) is 3.66. The first-order valence-electron chi connectivity index (χ1n) is 5.17. The molecule has 7 nitrogen and oxygen atoms in total. The number of nitrogens with one attached hydrogen (secondary N) is 2. The van der Waals surface area contributed by atoms with E-state index >= 15 is 0 Å². The molecular formula is C11H14N4O3. The molecule has 0 bridgehead atoms. The first-order chi connectivity index (χ1) is 8.40. The minimum Gasteiger partial charge on any atom is -0.374 e. The summed E-state index contributed by atoms with van der Waals surface area (Å²) in [4.78, 5) is 32.7. The van der Waals surface area contributed by atoms with Gasteiger partial charge in [0.25, 0.3) is 0 Å².